The van der Waals surface area contributed by atoms with Crippen LogP contribution in [0.25, 0.3) is 6.08 Å². The number of aryl methyl sites for hydroxylation is 1. The van der Waals surface area contributed by atoms with Crippen LogP contribution in [0.15, 0.2) is 41.8 Å². The minimum atomic E-state index is 0.0174. The van der Waals surface area contributed by atoms with Gasteiger partial charge < -0.3 is 0 Å². The highest BCUT2D eigenvalue weighted by atomic mass is 32.2. The summed E-state index contributed by atoms with van der Waals surface area (Å²) in [5, 5.41) is 0. The van der Waals surface area contributed by atoms with E-state index in [2.05, 4.69) is 25.6 Å². The van der Waals surface area contributed by atoms with Gasteiger partial charge in [-0.25, -0.2) is 0 Å². The van der Waals surface area contributed by atoms with Gasteiger partial charge in [-0.05, 0) is 36.6 Å². The molecule has 0 aromatic heterocycles. The van der Waals surface area contributed by atoms with Crippen molar-refractivity contribution in [3.8, 4) is 0 Å². The molecule has 94 valence electrons. The van der Waals surface area contributed by atoms with Crippen LogP contribution in [-0.2, 0) is 11.2 Å². The summed E-state index contributed by atoms with van der Waals surface area (Å²) in [6.07, 6.45) is 4.46. The zero-order chi connectivity index (χ0) is 13.5. The molecule has 0 bridgehead atoms. The van der Waals surface area contributed by atoms with Crippen molar-refractivity contribution in [3.05, 3.63) is 53.0 Å². The number of allylic oxidation sites excluding steroid dienone is 1. The second-order valence-electron chi connectivity index (χ2n) is 3.79. The van der Waals surface area contributed by atoms with Crippen LogP contribution in [0.5, 0.6) is 0 Å². The molecular weight excluding hydrogens is 260 g/mol. The second kappa shape index (κ2) is 7.29. The van der Waals surface area contributed by atoms with Crippen molar-refractivity contribution in [2.45, 2.75) is 20.3 Å². The lowest BCUT2D eigenvalue weighted by atomic mass is 10.1. The Morgan fingerprint density at radius 3 is 2.44 bits per heavy atom. The fourth-order valence-electron chi connectivity index (χ4n) is 1.35. The maximum absolute atomic E-state index is 11.5. The molecule has 0 aliphatic carbocycles. The zero-order valence-electron chi connectivity index (χ0n) is 10.6. The Hall–Kier alpha value is -1.19. The van der Waals surface area contributed by atoms with Crippen molar-refractivity contribution in [3.63, 3.8) is 0 Å². The standard InChI is InChI=1S/C15H16OS2/c1-4-12-6-8-13(9-7-12)10-14(11(3)16)18-15(17)5-2/h5-10H,2,4H2,1,3H3/b14-10-. The van der Waals surface area contributed by atoms with Crippen molar-refractivity contribution in [1.29, 1.82) is 0 Å². The molecule has 0 fully saturated rings. The zero-order valence-corrected chi connectivity index (χ0v) is 12.2. The first-order valence-electron chi connectivity index (χ1n) is 5.72. The summed E-state index contributed by atoms with van der Waals surface area (Å²) in [6, 6.07) is 8.17. The molecule has 0 aliphatic rings. The lowest BCUT2D eigenvalue weighted by Crippen LogP contribution is -1.95. The predicted octanol–water partition coefficient (Wildman–Crippen LogP) is 4.43. The number of ketones is 1. The summed E-state index contributed by atoms with van der Waals surface area (Å²) in [6.45, 7) is 7.26. The van der Waals surface area contributed by atoms with Gasteiger partial charge in [0.1, 0.15) is 0 Å². The molecule has 0 saturated heterocycles. The van der Waals surface area contributed by atoms with Gasteiger partial charge in [0, 0.05) is 0 Å². The lowest BCUT2D eigenvalue weighted by molar-refractivity contribution is -0.112. The minimum absolute atomic E-state index is 0.0174. The van der Waals surface area contributed by atoms with Crippen molar-refractivity contribution >= 4 is 40.0 Å². The van der Waals surface area contributed by atoms with E-state index in [-0.39, 0.29) is 5.78 Å². The molecule has 1 rings (SSSR count). The van der Waals surface area contributed by atoms with Gasteiger partial charge in [0.15, 0.2) is 5.78 Å². The Morgan fingerprint density at radius 1 is 1.39 bits per heavy atom. The molecule has 0 heterocycles. The summed E-state index contributed by atoms with van der Waals surface area (Å²) in [5.74, 6) is 0.0174. The van der Waals surface area contributed by atoms with Gasteiger partial charge in [-0.3, -0.25) is 4.79 Å². The molecule has 0 saturated carbocycles. The third-order valence-corrected chi connectivity index (χ3v) is 3.82. The van der Waals surface area contributed by atoms with Crippen LogP contribution in [-0.4, -0.2) is 9.98 Å². The van der Waals surface area contributed by atoms with Gasteiger partial charge in [0.25, 0.3) is 0 Å². The molecule has 3 heteroatoms. The number of benzene rings is 1. The van der Waals surface area contributed by atoms with Gasteiger partial charge in [-0.1, -0.05) is 61.7 Å². The first-order valence-corrected chi connectivity index (χ1v) is 6.95. The highest BCUT2D eigenvalue weighted by molar-refractivity contribution is 8.26. The Bertz CT molecular complexity index is 484. The van der Waals surface area contributed by atoms with E-state index in [1.54, 1.807) is 13.0 Å². The third-order valence-electron chi connectivity index (χ3n) is 2.41. The van der Waals surface area contributed by atoms with Crippen molar-refractivity contribution in [1.82, 2.24) is 0 Å². The number of carbonyl (C=O) groups excluding carboxylic acids is 1. The maximum atomic E-state index is 11.5. The molecule has 0 amide bonds. The normalized spacial score (nSPS) is 11.1. The molecule has 0 unspecified atom stereocenters. The first kappa shape index (κ1) is 14.9. The average molecular weight is 276 g/mol. The summed E-state index contributed by atoms with van der Waals surface area (Å²) in [5.41, 5.74) is 2.29. The lowest BCUT2D eigenvalue weighted by Gasteiger charge is -2.03. The van der Waals surface area contributed by atoms with Crippen LogP contribution < -0.4 is 0 Å². The second-order valence-corrected chi connectivity index (χ2v) is 5.57. The van der Waals surface area contributed by atoms with Gasteiger partial charge >= 0.3 is 0 Å². The van der Waals surface area contributed by atoms with E-state index in [0.717, 1.165) is 12.0 Å². The molecule has 0 radical (unpaired) electrons. The molecule has 0 atom stereocenters. The monoisotopic (exact) mass is 276 g/mol. The van der Waals surface area contributed by atoms with Crippen molar-refractivity contribution < 1.29 is 4.79 Å². The Morgan fingerprint density at radius 2 is 2.00 bits per heavy atom. The topological polar surface area (TPSA) is 17.1 Å². The van der Waals surface area contributed by atoms with Crippen molar-refractivity contribution in [2.24, 2.45) is 0 Å². The minimum Gasteiger partial charge on any atom is -0.294 e. The number of hydrogen-bond donors (Lipinski definition) is 0. The van der Waals surface area contributed by atoms with E-state index < -0.39 is 0 Å². The van der Waals surface area contributed by atoms with Crippen LogP contribution in [0.3, 0.4) is 0 Å². The summed E-state index contributed by atoms with van der Waals surface area (Å²) in [7, 11) is 0. The first-order chi connectivity index (χ1) is 8.56. The number of thioether (sulfide) groups is 1. The average Bonchev–Trinajstić information content (AvgIpc) is 2.38. The molecule has 1 aromatic rings. The summed E-state index contributed by atoms with van der Waals surface area (Å²) in [4.78, 5) is 12.2. The third kappa shape index (κ3) is 4.59. The van der Waals surface area contributed by atoms with Crippen LogP contribution in [0, 0.1) is 0 Å². The van der Waals surface area contributed by atoms with Crippen LogP contribution >= 0.6 is 24.0 Å². The quantitative estimate of drug-likeness (QED) is 0.585. The largest absolute Gasteiger partial charge is 0.294 e. The predicted molar refractivity (Wildman–Crippen MR) is 84.9 cm³/mol. The van der Waals surface area contributed by atoms with E-state index in [9.17, 15) is 4.79 Å². The fraction of sp³-hybridized carbons (Fsp3) is 0.200. The molecule has 1 aromatic carbocycles. The molecule has 0 aliphatic heterocycles. The highest BCUT2D eigenvalue weighted by Crippen LogP contribution is 2.22. The van der Waals surface area contributed by atoms with Gasteiger partial charge in [-0.15, -0.1) is 0 Å². The van der Waals surface area contributed by atoms with Crippen LogP contribution in [0.4, 0.5) is 0 Å². The van der Waals surface area contributed by atoms with E-state index in [0.29, 0.717) is 9.10 Å². The number of rotatable bonds is 5. The Kier molecular flexibility index (Phi) is 6.02. The van der Waals surface area contributed by atoms with Crippen molar-refractivity contribution in [2.75, 3.05) is 0 Å². The molecule has 1 nitrogen and oxygen atoms in total. The Balaban J connectivity index is 2.96. The van der Waals surface area contributed by atoms with Crippen LogP contribution in [0.1, 0.15) is 25.0 Å². The molecule has 0 spiro atoms. The number of Topliss-reactive ketones (excluding diaryl/α,β-unsaturated/α-hetero) is 1. The van der Waals surface area contributed by atoms with E-state index in [1.165, 1.54) is 17.3 Å². The smallest absolute Gasteiger partial charge is 0.166 e. The fourth-order valence-corrected chi connectivity index (χ4v) is 2.26. The molecule has 0 N–H and O–H groups in total. The summed E-state index contributed by atoms with van der Waals surface area (Å²) >= 11 is 6.34. The van der Waals surface area contributed by atoms with Gasteiger partial charge in [-0.2, -0.15) is 0 Å². The highest BCUT2D eigenvalue weighted by Gasteiger charge is 2.06. The van der Waals surface area contributed by atoms with Gasteiger partial charge in [0.2, 0.25) is 0 Å². The van der Waals surface area contributed by atoms with Crippen LogP contribution in [0.2, 0.25) is 0 Å². The van der Waals surface area contributed by atoms with Gasteiger partial charge in [0.05, 0.1) is 9.10 Å². The van der Waals surface area contributed by atoms with E-state index >= 15 is 0 Å². The molecule has 18 heavy (non-hydrogen) atoms. The Labute approximate surface area is 118 Å². The van der Waals surface area contributed by atoms with E-state index in [1.807, 2.05) is 18.2 Å². The SMILES string of the molecule is C=CC(=S)S/C(=C\c1ccc(CC)cc1)C(C)=O. The van der Waals surface area contributed by atoms with E-state index in [4.69, 9.17) is 12.2 Å². The molecular formula is C15H16OS2. The number of thiocarbonyl (C=S) groups is 1. The number of hydrogen-bond acceptors (Lipinski definition) is 3. The summed E-state index contributed by atoms with van der Waals surface area (Å²) < 4.78 is 0.613. The maximum Gasteiger partial charge on any atom is 0.166 e. The number of carbonyl (C=O) groups is 1.